The largest absolute Gasteiger partial charge is 0.354 e. The summed E-state index contributed by atoms with van der Waals surface area (Å²) in [7, 11) is 3.71. The van der Waals surface area contributed by atoms with Gasteiger partial charge in [0.2, 0.25) is 0 Å². The summed E-state index contributed by atoms with van der Waals surface area (Å²) >= 11 is 0. The van der Waals surface area contributed by atoms with E-state index in [1.165, 1.54) is 12.8 Å². The third kappa shape index (κ3) is 3.36. The zero-order chi connectivity index (χ0) is 17.4. The molecule has 1 saturated carbocycles. The van der Waals surface area contributed by atoms with E-state index in [0.717, 1.165) is 37.6 Å². The van der Waals surface area contributed by atoms with Crippen molar-refractivity contribution in [1.29, 1.82) is 0 Å². The lowest BCUT2D eigenvalue weighted by molar-refractivity contribution is 0.0717. The predicted octanol–water partition coefficient (Wildman–Crippen LogP) is 1.83. The summed E-state index contributed by atoms with van der Waals surface area (Å²) in [5, 5.41) is 4.10. The molecule has 1 unspecified atom stereocenters. The number of aromatic nitrogens is 4. The lowest BCUT2D eigenvalue weighted by Crippen LogP contribution is -2.48. The van der Waals surface area contributed by atoms with Crippen molar-refractivity contribution in [2.75, 3.05) is 25.0 Å². The van der Waals surface area contributed by atoms with Crippen molar-refractivity contribution >= 4 is 11.7 Å². The van der Waals surface area contributed by atoms with E-state index in [2.05, 4.69) is 15.0 Å². The first kappa shape index (κ1) is 16.1. The van der Waals surface area contributed by atoms with Gasteiger partial charge in [-0.25, -0.2) is 9.97 Å². The molecule has 2 aromatic rings. The second kappa shape index (κ2) is 6.46. The Morgan fingerprint density at radius 3 is 2.88 bits per heavy atom. The number of hydrogen-bond donors (Lipinski definition) is 0. The predicted molar refractivity (Wildman–Crippen MR) is 94.5 cm³/mol. The maximum atomic E-state index is 12.7. The molecule has 2 aromatic heterocycles. The Kier molecular flexibility index (Phi) is 4.15. The van der Waals surface area contributed by atoms with Gasteiger partial charge in [-0.3, -0.25) is 9.48 Å². The number of carbonyl (C=O) groups excluding carboxylic acids is 1. The maximum absolute atomic E-state index is 12.7. The first-order chi connectivity index (χ1) is 12.1. The minimum atomic E-state index is 0.0290. The zero-order valence-corrected chi connectivity index (χ0v) is 14.8. The molecular formula is C18H24N6O. The Bertz CT molecular complexity index is 768. The Labute approximate surface area is 147 Å². The number of likely N-dealkylation sites (N-methyl/N-ethyl adjacent to an activating group) is 1. The van der Waals surface area contributed by atoms with E-state index >= 15 is 0 Å². The molecule has 0 spiro atoms. The fraction of sp³-hybridized carbons (Fsp3) is 0.556. The van der Waals surface area contributed by atoms with E-state index in [-0.39, 0.29) is 11.9 Å². The van der Waals surface area contributed by atoms with Crippen LogP contribution in [0.15, 0.2) is 24.7 Å². The SMILES string of the molecule is CN(C(=O)c1cnn(C)c1)C1CCCN(c2ccnc(C3CC3)n2)C1. The summed E-state index contributed by atoms with van der Waals surface area (Å²) in [6, 6.07) is 2.16. The molecule has 1 saturated heterocycles. The number of piperidine rings is 1. The highest BCUT2D eigenvalue weighted by Crippen LogP contribution is 2.38. The molecule has 7 nitrogen and oxygen atoms in total. The van der Waals surface area contributed by atoms with Crippen molar-refractivity contribution in [1.82, 2.24) is 24.6 Å². The third-order valence-electron chi connectivity index (χ3n) is 5.14. The highest BCUT2D eigenvalue weighted by Gasteiger charge is 2.30. The fourth-order valence-corrected chi connectivity index (χ4v) is 3.46. The van der Waals surface area contributed by atoms with Crippen LogP contribution in [0.3, 0.4) is 0 Å². The van der Waals surface area contributed by atoms with Gasteiger partial charge in [0, 0.05) is 51.5 Å². The third-order valence-corrected chi connectivity index (χ3v) is 5.14. The molecule has 1 amide bonds. The molecule has 1 atom stereocenters. The van der Waals surface area contributed by atoms with Crippen molar-refractivity contribution in [2.24, 2.45) is 7.05 Å². The van der Waals surface area contributed by atoms with E-state index in [9.17, 15) is 4.79 Å². The van der Waals surface area contributed by atoms with Crippen molar-refractivity contribution in [3.8, 4) is 0 Å². The first-order valence-electron chi connectivity index (χ1n) is 8.95. The quantitative estimate of drug-likeness (QED) is 0.849. The van der Waals surface area contributed by atoms with E-state index in [4.69, 9.17) is 4.98 Å². The van der Waals surface area contributed by atoms with Crippen LogP contribution < -0.4 is 4.90 Å². The monoisotopic (exact) mass is 340 g/mol. The van der Waals surface area contributed by atoms with Gasteiger partial charge < -0.3 is 9.80 Å². The molecule has 2 aliphatic rings. The Morgan fingerprint density at radius 1 is 1.32 bits per heavy atom. The average Bonchev–Trinajstić information content (AvgIpc) is 3.42. The maximum Gasteiger partial charge on any atom is 0.257 e. The topological polar surface area (TPSA) is 67.2 Å². The van der Waals surface area contributed by atoms with Gasteiger partial charge in [0.15, 0.2) is 0 Å². The summed E-state index contributed by atoms with van der Waals surface area (Å²) in [6.07, 6.45) is 9.74. The van der Waals surface area contributed by atoms with Crippen LogP contribution in [0.1, 0.15) is 47.8 Å². The van der Waals surface area contributed by atoms with Crippen molar-refractivity contribution in [3.63, 3.8) is 0 Å². The number of nitrogens with zero attached hydrogens (tertiary/aromatic N) is 6. The van der Waals surface area contributed by atoms with Crippen LogP contribution in [0.2, 0.25) is 0 Å². The van der Waals surface area contributed by atoms with Crippen LogP contribution in [-0.4, -0.2) is 56.7 Å². The molecule has 132 valence electrons. The van der Waals surface area contributed by atoms with E-state index in [1.807, 2.05) is 31.3 Å². The lowest BCUT2D eigenvalue weighted by Gasteiger charge is -2.38. The molecule has 7 heteroatoms. The van der Waals surface area contributed by atoms with Crippen LogP contribution in [0, 0.1) is 0 Å². The second-order valence-electron chi connectivity index (χ2n) is 7.11. The molecule has 1 aliphatic carbocycles. The van der Waals surface area contributed by atoms with E-state index in [0.29, 0.717) is 11.5 Å². The van der Waals surface area contributed by atoms with Gasteiger partial charge >= 0.3 is 0 Å². The summed E-state index contributed by atoms with van der Waals surface area (Å²) in [5.41, 5.74) is 0.639. The Balaban J connectivity index is 1.47. The van der Waals surface area contributed by atoms with E-state index in [1.54, 1.807) is 17.1 Å². The molecular weight excluding hydrogens is 316 g/mol. The molecule has 25 heavy (non-hydrogen) atoms. The fourth-order valence-electron chi connectivity index (χ4n) is 3.46. The molecule has 0 N–H and O–H groups in total. The minimum absolute atomic E-state index is 0.0290. The number of anilines is 1. The normalized spacial score (nSPS) is 20.6. The van der Waals surface area contributed by atoms with Crippen LogP contribution in [-0.2, 0) is 7.05 Å². The number of hydrogen-bond acceptors (Lipinski definition) is 5. The van der Waals surface area contributed by atoms with Gasteiger partial charge in [-0.05, 0) is 31.7 Å². The van der Waals surface area contributed by atoms with Crippen molar-refractivity contribution < 1.29 is 4.79 Å². The molecule has 2 fully saturated rings. The van der Waals surface area contributed by atoms with Gasteiger partial charge in [0.1, 0.15) is 11.6 Å². The number of aryl methyl sites for hydroxylation is 1. The average molecular weight is 340 g/mol. The van der Waals surface area contributed by atoms with Gasteiger partial charge in [0.05, 0.1) is 11.8 Å². The summed E-state index contributed by atoms with van der Waals surface area (Å²) < 4.78 is 1.66. The number of carbonyl (C=O) groups is 1. The minimum Gasteiger partial charge on any atom is -0.354 e. The smallest absolute Gasteiger partial charge is 0.257 e. The number of amides is 1. The van der Waals surface area contributed by atoms with Crippen LogP contribution in [0.4, 0.5) is 5.82 Å². The van der Waals surface area contributed by atoms with Crippen LogP contribution >= 0.6 is 0 Å². The summed E-state index contributed by atoms with van der Waals surface area (Å²) in [5.74, 6) is 2.54. The molecule has 0 radical (unpaired) electrons. The van der Waals surface area contributed by atoms with Crippen LogP contribution in [0.5, 0.6) is 0 Å². The van der Waals surface area contributed by atoms with Crippen LogP contribution in [0.25, 0.3) is 0 Å². The molecule has 0 aromatic carbocycles. The van der Waals surface area contributed by atoms with E-state index < -0.39 is 0 Å². The molecule has 3 heterocycles. The number of rotatable bonds is 4. The standard InChI is InChI=1S/C18H24N6O/c1-22-11-14(10-20-22)18(25)23(2)15-4-3-9-24(12-15)16-7-8-19-17(21-16)13-5-6-13/h7-8,10-11,13,15H,3-6,9,12H2,1-2H3. The van der Waals surface area contributed by atoms with Crippen molar-refractivity contribution in [2.45, 2.75) is 37.6 Å². The Hall–Kier alpha value is -2.44. The summed E-state index contributed by atoms with van der Waals surface area (Å²) in [6.45, 7) is 1.79. The highest BCUT2D eigenvalue weighted by molar-refractivity contribution is 5.93. The Morgan fingerprint density at radius 2 is 2.16 bits per heavy atom. The molecule has 4 rings (SSSR count). The van der Waals surface area contributed by atoms with Gasteiger partial charge in [0.25, 0.3) is 5.91 Å². The van der Waals surface area contributed by atoms with Gasteiger partial charge in [-0.15, -0.1) is 0 Å². The van der Waals surface area contributed by atoms with Crippen molar-refractivity contribution in [3.05, 3.63) is 36.0 Å². The highest BCUT2D eigenvalue weighted by atomic mass is 16.2. The second-order valence-corrected chi connectivity index (χ2v) is 7.11. The zero-order valence-electron chi connectivity index (χ0n) is 14.8. The first-order valence-corrected chi connectivity index (χ1v) is 8.95. The molecule has 0 bridgehead atoms. The summed E-state index contributed by atoms with van der Waals surface area (Å²) in [4.78, 5) is 26.0. The van der Waals surface area contributed by atoms with Gasteiger partial charge in [-0.1, -0.05) is 0 Å². The molecule has 1 aliphatic heterocycles. The van der Waals surface area contributed by atoms with Gasteiger partial charge in [-0.2, -0.15) is 5.10 Å². The lowest BCUT2D eigenvalue weighted by atomic mass is 10.0.